The Bertz CT molecular complexity index is 991. The topological polar surface area (TPSA) is 119 Å². The molecule has 3 amide bonds. The summed E-state index contributed by atoms with van der Waals surface area (Å²) in [4.78, 5) is 52.1. The van der Waals surface area contributed by atoms with Crippen molar-refractivity contribution >= 4 is 39.6 Å². The van der Waals surface area contributed by atoms with Crippen LogP contribution in [-0.4, -0.2) is 63.8 Å². The van der Waals surface area contributed by atoms with Crippen molar-refractivity contribution < 1.29 is 19.1 Å². The third-order valence-corrected chi connectivity index (χ3v) is 5.91. The molecule has 11 heteroatoms. The normalized spacial score (nSPS) is 20.1. The van der Waals surface area contributed by atoms with Gasteiger partial charge in [0.1, 0.15) is 11.4 Å². The minimum absolute atomic E-state index is 0.123. The number of hydrogen-bond acceptors (Lipinski definition) is 6. The van der Waals surface area contributed by atoms with Gasteiger partial charge in [0.05, 0.1) is 0 Å². The van der Waals surface area contributed by atoms with E-state index in [0.717, 1.165) is 15.5 Å². The van der Waals surface area contributed by atoms with E-state index in [0.29, 0.717) is 30.7 Å². The number of rotatable bonds is 1. The van der Waals surface area contributed by atoms with E-state index in [1.807, 2.05) is 0 Å². The number of aromatic nitrogens is 2. The molecule has 2 fully saturated rings. The van der Waals surface area contributed by atoms with Crippen molar-refractivity contribution in [2.45, 2.75) is 18.9 Å². The van der Waals surface area contributed by atoms with E-state index in [1.54, 1.807) is 4.90 Å². The van der Waals surface area contributed by atoms with Crippen LogP contribution in [0.3, 0.4) is 0 Å². The number of nitrogens with zero attached hydrogens (tertiary/aromatic N) is 4. The van der Waals surface area contributed by atoms with E-state index in [1.165, 1.54) is 23.2 Å². The maximum Gasteiger partial charge on any atom is 0.341 e. The van der Waals surface area contributed by atoms with Gasteiger partial charge in [0.15, 0.2) is 6.20 Å². The van der Waals surface area contributed by atoms with Crippen LogP contribution < -0.4 is 15.6 Å². The van der Waals surface area contributed by atoms with Crippen LogP contribution in [0.5, 0.6) is 0 Å². The highest BCUT2D eigenvalue weighted by molar-refractivity contribution is 7.13. The third-order valence-electron chi connectivity index (χ3n) is 4.84. The lowest BCUT2D eigenvalue weighted by Crippen LogP contribution is -2.55. The summed E-state index contributed by atoms with van der Waals surface area (Å²) in [5.41, 5.74) is -0.516. The molecule has 1 atom stereocenters. The van der Waals surface area contributed by atoms with Crippen molar-refractivity contribution in [1.82, 2.24) is 19.1 Å². The van der Waals surface area contributed by atoms with E-state index in [4.69, 9.17) is 0 Å². The van der Waals surface area contributed by atoms with Gasteiger partial charge in [-0.2, -0.15) is 8.69 Å². The zero-order valence-electron chi connectivity index (χ0n) is 14.3. The molecule has 0 radical (unpaired) electrons. The van der Waals surface area contributed by atoms with E-state index in [-0.39, 0.29) is 35.1 Å². The number of pyridine rings is 1. The Morgan fingerprint density at radius 2 is 1.89 bits per heavy atom. The fourth-order valence-corrected chi connectivity index (χ4v) is 4.30. The minimum atomic E-state index is -0.516. The van der Waals surface area contributed by atoms with E-state index >= 15 is 0 Å². The number of nitrogens with one attached hydrogen (secondary N) is 1. The molecule has 27 heavy (non-hydrogen) atoms. The summed E-state index contributed by atoms with van der Waals surface area (Å²) < 4.78 is 1.55. The molecular formula is C16H17N5O5S. The Morgan fingerprint density at radius 1 is 1.19 bits per heavy atom. The lowest BCUT2D eigenvalue weighted by Gasteiger charge is -2.35. The first-order valence-electron chi connectivity index (χ1n) is 8.57. The second-order valence-corrected chi connectivity index (χ2v) is 7.43. The summed E-state index contributed by atoms with van der Waals surface area (Å²) in [6.45, 7) is 1.23. The number of carbonyl (C=O) groups excluding carboxylic acids is 3. The molecule has 1 N–H and O–H groups in total. The highest BCUT2D eigenvalue weighted by atomic mass is 32.1. The van der Waals surface area contributed by atoms with Crippen LogP contribution in [0, 0.1) is 5.21 Å². The highest BCUT2D eigenvalue weighted by Crippen LogP contribution is 2.15. The van der Waals surface area contributed by atoms with Crippen LogP contribution in [0.4, 0.5) is 4.79 Å². The number of amides is 3. The summed E-state index contributed by atoms with van der Waals surface area (Å²) in [6.07, 6.45) is 2.12. The SMILES string of the molecule is O=C1CC[C@@H](C(=O)N2CCN(C(=O)n3sc4c(ccc[n+]4[O-])c3=O)CC2)N1. The van der Waals surface area contributed by atoms with Crippen LogP contribution in [0.2, 0.25) is 0 Å². The second kappa shape index (κ2) is 6.65. The van der Waals surface area contributed by atoms with E-state index in [9.17, 15) is 24.4 Å². The molecule has 2 saturated heterocycles. The Labute approximate surface area is 157 Å². The van der Waals surface area contributed by atoms with Crippen molar-refractivity contribution in [2.75, 3.05) is 26.2 Å². The molecule has 2 aromatic heterocycles. The number of hydrogen-bond donors (Lipinski definition) is 1. The Balaban J connectivity index is 1.45. The van der Waals surface area contributed by atoms with E-state index < -0.39 is 17.6 Å². The molecule has 4 heterocycles. The van der Waals surface area contributed by atoms with Crippen molar-refractivity contribution in [1.29, 1.82) is 0 Å². The van der Waals surface area contributed by atoms with Gasteiger partial charge in [0.2, 0.25) is 11.8 Å². The zero-order valence-corrected chi connectivity index (χ0v) is 15.1. The van der Waals surface area contributed by atoms with Gasteiger partial charge in [0, 0.05) is 50.2 Å². The molecule has 2 aliphatic rings. The summed E-state index contributed by atoms with van der Waals surface area (Å²) in [7, 11) is 0. The molecule has 0 unspecified atom stereocenters. The van der Waals surface area contributed by atoms with Crippen LogP contribution in [0.1, 0.15) is 12.8 Å². The molecule has 2 aromatic rings. The van der Waals surface area contributed by atoms with Gasteiger partial charge in [-0.1, -0.05) is 0 Å². The van der Waals surface area contributed by atoms with Gasteiger partial charge >= 0.3 is 10.9 Å². The smallest absolute Gasteiger partial charge is 0.341 e. The standard InChI is InChI=1S/C16H17N5O5S/c22-12-4-3-11(17-12)14(24)18-6-8-19(9-7-18)16(25)21-13(23)10-2-1-5-20(26)15(10)27-21/h1-2,5,11H,3-4,6-9H2,(H,17,22)/t11-/m0/s1. The lowest BCUT2D eigenvalue weighted by molar-refractivity contribution is -0.574. The lowest BCUT2D eigenvalue weighted by atomic mass is 10.2. The Hall–Kier alpha value is -2.95. The van der Waals surface area contributed by atoms with Crippen molar-refractivity contribution in [3.05, 3.63) is 33.9 Å². The van der Waals surface area contributed by atoms with Crippen LogP contribution in [-0.2, 0) is 9.59 Å². The van der Waals surface area contributed by atoms with Gasteiger partial charge in [0.25, 0.3) is 5.56 Å². The number of carbonyl (C=O) groups is 3. The number of fused-ring (bicyclic) bond motifs is 1. The monoisotopic (exact) mass is 391 g/mol. The van der Waals surface area contributed by atoms with Gasteiger partial charge in [-0.05, 0) is 12.5 Å². The van der Waals surface area contributed by atoms with Crippen LogP contribution >= 0.6 is 11.5 Å². The van der Waals surface area contributed by atoms with Gasteiger partial charge in [-0.25, -0.2) is 4.79 Å². The fraction of sp³-hybridized carbons (Fsp3) is 0.438. The Morgan fingerprint density at radius 3 is 2.52 bits per heavy atom. The molecular weight excluding hydrogens is 374 g/mol. The first kappa shape index (κ1) is 17.5. The first-order chi connectivity index (χ1) is 13.0. The minimum Gasteiger partial charge on any atom is -0.618 e. The van der Waals surface area contributed by atoms with Gasteiger partial charge < -0.3 is 20.3 Å². The maximum atomic E-state index is 12.7. The molecule has 0 bridgehead atoms. The summed E-state index contributed by atoms with van der Waals surface area (Å²) in [5.74, 6) is -0.263. The summed E-state index contributed by atoms with van der Waals surface area (Å²) >= 11 is 0.815. The molecule has 10 nitrogen and oxygen atoms in total. The molecule has 142 valence electrons. The second-order valence-electron chi connectivity index (χ2n) is 6.50. The average Bonchev–Trinajstić information content (AvgIpc) is 3.26. The zero-order chi connectivity index (χ0) is 19.1. The van der Waals surface area contributed by atoms with Gasteiger partial charge in [-0.15, -0.1) is 0 Å². The van der Waals surface area contributed by atoms with E-state index in [2.05, 4.69) is 5.32 Å². The largest absolute Gasteiger partial charge is 0.618 e. The van der Waals surface area contributed by atoms with Crippen molar-refractivity contribution in [3.8, 4) is 0 Å². The van der Waals surface area contributed by atoms with Crippen LogP contribution in [0.15, 0.2) is 23.1 Å². The molecule has 0 aromatic carbocycles. The van der Waals surface area contributed by atoms with Crippen molar-refractivity contribution in [2.24, 2.45) is 0 Å². The first-order valence-corrected chi connectivity index (χ1v) is 9.34. The maximum absolute atomic E-state index is 12.7. The molecule has 0 saturated carbocycles. The molecule has 0 spiro atoms. The number of piperazine rings is 1. The quantitative estimate of drug-likeness (QED) is 0.499. The fourth-order valence-electron chi connectivity index (χ4n) is 3.36. The Kier molecular flexibility index (Phi) is 4.30. The van der Waals surface area contributed by atoms with Crippen LogP contribution in [0.25, 0.3) is 10.2 Å². The molecule has 2 aliphatic heterocycles. The summed E-state index contributed by atoms with van der Waals surface area (Å²) in [6, 6.07) is 1.99. The third kappa shape index (κ3) is 3.03. The average molecular weight is 391 g/mol. The summed E-state index contributed by atoms with van der Waals surface area (Å²) in [5, 5.41) is 14.6. The molecule has 0 aliphatic carbocycles. The van der Waals surface area contributed by atoms with Crippen molar-refractivity contribution in [3.63, 3.8) is 0 Å². The predicted octanol–water partition coefficient (Wildman–Crippen LogP) is -0.913. The highest BCUT2D eigenvalue weighted by Gasteiger charge is 2.33. The van der Waals surface area contributed by atoms with Gasteiger partial charge in [-0.3, -0.25) is 14.4 Å². The predicted molar refractivity (Wildman–Crippen MR) is 95.2 cm³/mol. The molecule has 4 rings (SSSR count).